The summed E-state index contributed by atoms with van der Waals surface area (Å²) in [5.41, 5.74) is -0.445. The number of amides is 1. The molecule has 1 amide bonds. The average molecular weight is 460 g/mol. The van der Waals surface area contributed by atoms with Gasteiger partial charge in [-0.3, -0.25) is 19.2 Å². The van der Waals surface area contributed by atoms with Gasteiger partial charge < -0.3 is 24.6 Å². The summed E-state index contributed by atoms with van der Waals surface area (Å²) in [5.74, 6) is -1.22. The topological polar surface area (TPSA) is 128 Å². The maximum absolute atomic E-state index is 11.8. The molecule has 0 saturated heterocycles. The third-order valence-corrected chi connectivity index (χ3v) is 4.26. The standard InChI is InChI=1S/C23H41NO8/c1-23(2,3)32-22(29)11-7-5-4-6-10-20(26)24-14-16-31-18-17-30-15-8-9-19(25)12-13-21(27)28/h4-18H2,1-3H3,(H,24,26)(H,27,28). The number of unbranched alkanes of at least 4 members (excludes halogenated alkanes) is 3. The van der Waals surface area contributed by atoms with Crippen LogP contribution in [0.3, 0.4) is 0 Å². The summed E-state index contributed by atoms with van der Waals surface area (Å²) < 4.78 is 16.0. The summed E-state index contributed by atoms with van der Waals surface area (Å²) in [4.78, 5) is 45.1. The van der Waals surface area contributed by atoms with Crippen LogP contribution < -0.4 is 5.32 Å². The van der Waals surface area contributed by atoms with Crippen LogP contribution in [-0.2, 0) is 33.4 Å². The summed E-state index contributed by atoms with van der Waals surface area (Å²) in [6.45, 7) is 7.63. The van der Waals surface area contributed by atoms with Crippen molar-refractivity contribution in [1.82, 2.24) is 5.32 Å². The largest absolute Gasteiger partial charge is 0.481 e. The fraction of sp³-hybridized carbons (Fsp3) is 0.826. The van der Waals surface area contributed by atoms with Crippen LogP contribution in [0, 0.1) is 0 Å². The van der Waals surface area contributed by atoms with Gasteiger partial charge in [-0.15, -0.1) is 0 Å². The van der Waals surface area contributed by atoms with Crippen LogP contribution in [-0.4, -0.2) is 67.3 Å². The number of carboxylic acids is 1. The predicted molar refractivity (Wildman–Crippen MR) is 119 cm³/mol. The van der Waals surface area contributed by atoms with Crippen molar-refractivity contribution in [2.45, 2.75) is 90.6 Å². The van der Waals surface area contributed by atoms with E-state index in [0.29, 0.717) is 58.7 Å². The van der Waals surface area contributed by atoms with E-state index in [9.17, 15) is 19.2 Å². The lowest BCUT2D eigenvalue weighted by Gasteiger charge is -2.19. The molecule has 0 atom stereocenters. The second-order valence-electron chi connectivity index (χ2n) is 8.61. The average Bonchev–Trinajstić information content (AvgIpc) is 2.69. The Hall–Kier alpha value is -2.00. The van der Waals surface area contributed by atoms with Crippen LogP contribution in [0.2, 0.25) is 0 Å². The van der Waals surface area contributed by atoms with Crippen molar-refractivity contribution < 1.29 is 38.5 Å². The molecule has 0 aliphatic carbocycles. The maximum atomic E-state index is 11.8. The molecule has 2 N–H and O–H groups in total. The molecule has 0 aromatic carbocycles. The molecule has 0 radical (unpaired) electrons. The van der Waals surface area contributed by atoms with E-state index >= 15 is 0 Å². The monoisotopic (exact) mass is 459 g/mol. The van der Waals surface area contributed by atoms with E-state index in [-0.39, 0.29) is 30.5 Å². The lowest BCUT2D eigenvalue weighted by molar-refractivity contribution is -0.155. The summed E-state index contributed by atoms with van der Waals surface area (Å²) in [5, 5.41) is 11.3. The molecule has 0 bridgehead atoms. The molecule has 0 saturated carbocycles. The minimum Gasteiger partial charge on any atom is -0.481 e. The van der Waals surface area contributed by atoms with Crippen LogP contribution in [0.4, 0.5) is 0 Å². The summed E-state index contributed by atoms with van der Waals surface area (Å²) >= 11 is 0. The van der Waals surface area contributed by atoms with Gasteiger partial charge in [0.1, 0.15) is 11.4 Å². The van der Waals surface area contributed by atoms with E-state index < -0.39 is 11.6 Å². The van der Waals surface area contributed by atoms with Crippen molar-refractivity contribution in [3.8, 4) is 0 Å². The third kappa shape index (κ3) is 22.7. The van der Waals surface area contributed by atoms with E-state index in [2.05, 4.69) is 5.32 Å². The molecule has 0 aromatic rings. The van der Waals surface area contributed by atoms with Gasteiger partial charge in [0, 0.05) is 38.8 Å². The Morgan fingerprint density at radius 2 is 1.34 bits per heavy atom. The van der Waals surface area contributed by atoms with Crippen LogP contribution in [0.5, 0.6) is 0 Å². The molecule has 0 spiro atoms. The predicted octanol–water partition coefficient (Wildman–Crippen LogP) is 3.03. The molecule has 0 aromatic heterocycles. The van der Waals surface area contributed by atoms with E-state index in [1.54, 1.807) is 0 Å². The van der Waals surface area contributed by atoms with Gasteiger partial charge in [0.05, 0.1) is 26.2 Å². The molecular weight excluding hydrogens is 418 g/mol. The van der Waals surface area contributed by atoms with Crippen molar-refractivity contribution in [2.75, 3.05) is 33.0 Å². The molecule has 9 nitrogen and oxygen atoms in total. The van der Waals surface area contributed by atoms with Crippen LogP contribution in [0.15, 0.2) is 0 Å². The van der Waals surface area contributed by atoms with Gasteiger partial charge in [-0.05, 0) is 40.0 Å². The number of esters is 1. The number of ketones is 1. The summed E-state index contributed by atoms with van der Waals surface area (Å²) in [6.07, 6.45) is 5.05. The Balaban J connectivity index is 3.37. The van der Waals surface area contributed by atoms with Gasteiger partial charge >= 0.3 is 11.9 Å². The molecule has 32 heavy (non-hydrogen) atoms. The minimum atomic E-state index is -0.963. The molecule has 0 aliphatic rings. The number of carbonyl (C=O) groups is 4. The summed E-state index contributed by atoms with van der Waals surface area (Å²) in [7, 11) is 0. The fourth-order valence-electron chi connectivity index (χ4n) is 2.72. The highest BCUT2D eigenvalue weighted by Gasteiger charge is 2.15. The molecule has 0 aliphatic heterocycles. The van der Waals surface area contributed by atoms with Crippen LogP contribution in [0.1, 0.15) is 85.0 Å². The second kappa shape index (κ2) is 18.6. The van der Waals surface area contributed by atoms with Gasteiger partial charge in [-0.1, -0.05) is 12.8 Å². The molecule has 0 rings (SSSR count). The Morgan fingerprint density at radius 3 is 1.97 bits per heavy atom. The zero-order chi connectivity index (χ0) is 24.2. The zero-order valence-corrected chi connectivity index (χ0v) is 19.9. The number of Topliss-reactive ketones (excluding diaryl/α,β-unsaturated/α-hetero) is 1. The number of ether oxygens (including phenoxy) is 3. The summed E-state index contributed by atoms with van der Waals surface area (Å²) in [6, 6.07) is 0. The first-order valence-electron chi connectivity index (χ1n) is 11.5. The van der Waals surface area contributed by atoms with Gasteiger partial charge in [0.15, 0.2) is 0 Å². The zero-order valence-electron chi connectivity index (χ0n) is 19.9. The lowest BCUT2D eigenvalue weighted by atomic mass is 10.1. The Bertz CT molecular complexity index is 557. The highest BCUT2D eigenvalue weighted by atomic mass is 16.6. The normalized spacial score (nSPS) is 11.2. The SMILES string of the molecule is CC(C)(C)OC(=O)CCCCCCC(=O)NCCOCCOCCCC(=O)CCC(=O)O. The van der Waals surface area contributed by atoms with Crippen molar-refractivity contribution >= 4 is 23.6 Å². The van der Waals surface area contributed by atoms with Crippen molar-refractivity contribution in [3.63, 3.8) is 0 Å². The molecular formula is C23H41NO8. The first-order chi connectivity index (χ1) is 15.1. The molecule has 9 heteroatoms. The van der Waals surface area contributed by atoms with E-state index in [1.165, 1.54) is 0 Å². The van der Waals surface area contributed by atoms with Crippen molar-refractivity contribution in [1.29, 1.82) is 0 Å². The molecule has 0 unspecified atom stereocenters. The molecule has 0 fully saturated rings. The number of aliphatic carboxylic acids is 1. The Kier molecular flexibility index (Phi) is 17.4. The van der Waals surface area contributed by atoms with Crippen LogP contribution >= 0.6 is 0 Å². The maximum Gasteiger partial charge on any atom is 0.306 e. The Labute approximate surface area is 191 Å². The number of carbonyl (C=O) groups excluding carboxylic acids is 3. The number of carboxylic acid groups (broad SMARTS) is 1. The highest BCUT2D eigenvalue weighted by molar-refractivity contribution is 5.82. The van der Waals surface area contributed by atoms with E-state index in [4.69, 9.17) is 19.3 Å². The van der Waals surface area contributed by atoms with Crippen molar-refractivity contribution in [3.05, 3.63) is 0 Å². The van der Waals surface area contributed by atoms with Gasteiger partial charge in [0.2, 0.25) is 5.91 Å². The van der Waals surface area contributed by atoms with Gasteiger partial charge in [0.25, 0.3) is 0 Å². The van der Waals surface area contributed by atoms with Gasteiger partial charge in [-0.2, -0.15) is 0 Å². The molecule has 186 valence electrons. The first-order valence-corrected chi connectivity index (χ1v) is 11.5. The smallest absolute Gasteiger partial charge is 0.306 e. The van der Waals surface area contributed by atoms with Crippen molar-refractivity contribution in [2.24, 2.45) is 0 Å². The minimum absolute atomic E-state index is 0.00967. The number of hydrogen-bond donors (Lipinski definition) is 2. The number of hydrogen-bond acceptors (Lipinski definition) is 7. The fourth-order valence-corrected chi connectivity index (χ4v) is 2.72. The third-order valence-electron chi connectivity index (χ3n) is 4.26. The lowest BCUT2D eigenvalue weighted by Crippen LogP contribution is -2.27. The first kappa shape index (κ1) is 30.0. The van der Waals surface area contributed by atoms with E-state index in [0.717, 1.165) is 25.7 Å². The Morgan fingerprint density at radius 1 is 0.719 bits per heavy atom. The van der Waals surface area contributed by atoms with Gasteiger partial charge in [-0.25, -0.2) is 0 Å². The van der Waals surface area contributed by atoms with Crippen LogP contribution in [0.25, 0.3) is 0 Å². The highest BCUT2D eigenvalue weighted by Crippen LogP contribution is 2.11. The quantitative estimate of drug-likeness (QED) is 0.210. The number of nitrogens with one attached hydrogen (secondary N) is 1. The van der Waals surface area contributed by atoms with E-state index in [1.807, 2.05) is 20.8 Å². The molecule has 0 heterocycles. The number of rotatable bonds is 20. The second-order valence-corrected chi connectivity index (χ2v) is 8.61.